The van der Waals surface area contributed by atoms with Crippen molar-refractivity contribution in [3.05, 3.63) is 22.4 Å². The fourth-order valence-electron chi connectivity index (χ4n) is 2.15. The summed E-state index contributed by atoms with van der Waals surface area (Å²) in [5.74, 6) is 0.927. The molecule has 1 rings (SSSR count). The predicted molar refractivity (Wildman–Crippen MR) is 110 cm³/mol. The van der Waals surface area contributed by atoms with Gasteiger partial charge in [0.2, 0.25) is 5.91 Å². The largest absolute Gasteiger partial charge is 0.357 e. The lowest BCUT2D eigenvalue weighted by atomic mass is 10.3. The normalized spacial score (nSPS) is 10.9. The lowest BCUT2D eigenvalue weighted by molar-refractivity contribution is -0.131. The van der Waals surface area contributed by atoms with E-state index in [9.17, 15) is 4.79 Å². The molecule has 1 aromatic rings. The molecule has 0 spiro atoms. The molecule has 1 heterocycles. The fourth-order valence-corrected chi connectivity index (χ4v) is 2.85. The standard InChI is InChI=1S/C16H28N4OS.HI/c1-5-17-16(18-11-10-14-9-8-12-22-14)19(4)13-15(21)20(6-2)7-3;/h8-9,12H,5-7,10-11,13H2,1-4H3,(H,17,18);1H. The van der Waals surface area contributed by atoms with Crippen LogP contribution >= 0.6 is 35.3 Å². The molecule has 0 unspecified atom stereocenters. The molecular weight excluding hydrogens is 423 g/mol. The Kier molecular flexibility index (Phi) is 12.1. The number of hydrogen-bond donors (Lipinski definition) is 1. The van der Waals surface area contributed by atoms with Crippen molar-refractivity contribution >= 4 is 47.2 Å². The molecule has 1 amide bonds. The Morgan fingerprint density at radius 1 is 1.30 bits per heavy atom. The number of thiophene rings is 1. The number of aliphatic imine (C=N–C) groups is 1. The molecule has 1 aromatic heterocycles. The maximum Gasteiger partial charge on any atom is 0.242 e. The average molecular weight is 452 g/mol. The second-order valence-electron chi connectivity index (χ2n) is 4.99. The van der Waals surface area contributed by atoms with Gasteiger partial charge in [0, 0.05) is 44.5 Å². The number of nitrogens with zero attached hydrogens (tertiary/aromatic N) is 3. The molecule has 0 bridgehead atoms. The summed E-state index contributed by atoms with van der Waals surface area (Å²) in [5.41, 5.74) is 0. The SMILES string of the molecule is CCNC(=NCCc1cccs1)N(C)CC(=O)N(CC)CC.I. The Labute approximate surface area is 161 Å². The first-order valence-electron chi connectivity index (χ1n) is 7.91. The van der Waals surface area contributed by atoms with Crippen molar-refractivity contribution in [1.82, 2.24) is 15.1 Å². The van der Waals surface area contributed by atoms with E-state index >= 15 is 0 Å². The number of likely N-dealkylation sites (N-methyl/N-ethyl adjacent to an activating group) is 2. The van der Waals surface area contributed by atoms with Gasteiger partial charge in [-0.3, -0.25) is 9.79 Å². The molecular formula is C16H29IN4OS. The van der Waals surface area contributed by atoms with Crippen LogP contribution < -0.4 is 5.32 Å². The molecule has 0 aliphatic carbocycles. The minimum atomic E-state index is 0. The minimum absolute atomic E-state index is 0. The van der Waals surface area contributed by atoms with Gasteiger partial charge in [-0.05, 0) is 32.2 Å². The van der Waals surface area contributed by atoms with Gasteiger partial charge in [-0.25, -0.2) is 0 Å². The lowest BCUT2D eigenvalue weighted by Gasteiger charge is -2.25. The quantitative estimate of drug-likeness (QED) is 0.375. The third-order valence-corrected chi connectivity index (χ3v) is 4.32. The number of carbonyl (C=O) groups is 1. The van der Waals surface area contributed by atoms with E-state index in [-0.39, 0.29) is 29.9 Å². The van der Waals surface area contributed by atoms with Crippen LogP contribution in [0.25, 0.3) is 0 Å². The number of hydrogen-bond acceptors (Lipinski definition) is 3. The van der Waals surface area contributed by atoms with Gasteiger partial charge in [0.15, 0.2) is 5.96 Å². The summed E-state index contributed by atoms with van der Waals surface area (Å²) in [4.78, 5) is 21.9. The molecule has 0 saturated carbocycles. The third kappa shape index (κ3) is 8.01. The van der Waals surface area contributed by atoms with Gasteiger partial charge in [0.05, 0.1) is 6.54 Å². The second kappa shape index (κ2) is 12.6. The van der Waals surface area contributed by atoms with Crippen LogP contribution in [0.15, 0.2) is 22.5 Å². The first-order valence-corrected chi connectivity index (χ1v) is 8.79. The topological polar surface area (TPSA) is 47.9 Å². The van der Waals surface area contributed by atoms with Crippen molar-refractivity contribution in [3.63, 3.8) is 0 Å². The van der Waals surface area contributed by atoms with Gasteiger partial charge in [-0.15, -0.1) is 35.3 Å². The molecule has 5 nitrogen and oxygen atoms in total. The van der Waals surface area contributed by atoms with Gasteiger partial charge in [-0.1, -0.05) is 6.07 Å². The summed E-state index contributed by atoms with van der Waals surface area (Å²) >= 11 is 1.75. The van der Waals surface area contributed by atoms with Gasteiger partial charge >= 0.3 is 0 Å². The Balaban J connectivity index is 0.00000484. The fraction of sp³-hybridized carbons (Fsp3) is 0.625. The highest BCUT2D eigenvalue weighted by Gasteiger charge is 2.14. The Morgan fingerprint density at radius 3 is 2.52 bits per heavy atom. The van der Waals surface area contributed by atoms with Crippen LogP contribution in [0.1, 0.15) is 25.6 Å². The smallest absolute Gasteiger partial charge is 0.242 e. The molecule has 7 heteroatoms. The summed E-state index contributed by atoms with van der Waals surface area (Å²) < 4.78 is 0. The van der Waals surface area contributed by atoms with E-state index in [2.05, 4.69) is 27.8 Å². The van der Waals surface area contributed by atoms with Crippen LogP contribution in [0.5, 0.6) is 0 Å². The van der Waals surface area contributed by atoms with Crippen molar-refractivity contribution in [2.24, 2.45) is 4.99 Å². The minimum Gasteiger partial charge on any atom is -0.357 e. The third-order valence-electron chi connectivity index (χ3n) is 3.38. The van der Waals surface area contributed by atoms with E-state index in [0.717, 1.165) is 38.6 Å². The Bertz CT molecular complexity index is 461. The summed E-state index contributed by atoms with van der Waals surface area (Å²) in [6.07, 6.45) is 0.935. The van der Waals surface area contributed by atoms with E-state index in [1.54, 1.807) is 11.3 Å². The van der Waals surface area contributed by atoms with Crippen LogP contribution in [-0.4, -0.2) is 61.4 Å². The van der Waals surface area contributed by atoms with E-state index < -0.39 is 0 Å². The summed E-state index contributed by atoms with van der Waals surface area (Å²) in [6.45, 7) is 9.41. The first-order chi connectivity index (χ1) is 10.6. The van der Waals surface area contributed by atoms with Crippen molar-refractivity contribution in [3.8, 4) is 0 Å². The molecule has 0 fully saturated rings. The van der Waals surface area contributed by atoms with Crippen molar-refractivity contribution in [2.45, 2.75) is 27.2 Å². The van der Waals surface area contributed by atoms with Crippen molar-refractivity contribution in [1.29, 1.82) is 0 Å². The highest BCUT2D eigenvalue weighted by molar-refractivity contribution is 14.0. The number of guanidine groups is 1. The molecule has 0 aliphatic rings. The van der Waals surface area contributed by atoms with E-state index in [4.69, 9.17) is 0 Å². The van der Waals surface area contributed by atoms with Crippen LogP contribution in [0.4, 0.5) is 0 Å². The van der Waals surface area contributed by atoms with Gasteiger partial charge < -0.3 is 15.1 Å². The number of carbonyl (C=O) groups excluding carboxylic acids is 1. The Hall–Kier alpha value is -0.830. The van der Waals surface area contributed by atoms with E-state index in [1.807, 2.05) is 37.6 Å². The average Bonchev–Trinajstić information content (AvgIpc) is 3.00. The number of halogens is 1. The molecule has 0 radical (unpaired) electrons. The van der Waals surface area contributed by atoms with Crippen molar-refractivity contribution < 1.29 is 4.79 Å². The zero-order valence-corrected chi connectivity index (χ0v) is 17.7. The van der Waals surface area contributed by atoms with Crippen LogP contribution in [-0.2, 0) is 11.2 Å². The molecule has 0 saturated heterocycles. The molecule has 1 N–H and O–H groups in total. The maximum atomic E-state index is 12.2. The van der Waals surface area contributed by atoms with Crippen LogP contribution in [0, 0.1) is 0 Å². The molecule has 0 aromatic carbocycles. The molecule has 0 atom stereocenters. The van der Waals surface area contributed by atoms with E-state index in [1.165, 1.54) is 4.88 Å². The highest BCUT2D eigenvalue weighted by Crippen LogP contribution is 2.08. The molecule has 23 heavy (non-hydrogen) atoms. The highest BCUT2D eigenvalue weighted by atomic mass is 127. The number of rotatable bonds is 8. The Morgan fingerprint density at radius 2 is 2.00 bits per heavy atom. The monoisotopic (exact) mass is 452 g/mol. The summed E-state index contributed by atoms with van der Waals surface area (Å²) in [7, 11) is 1.91. The zero-order chi connectivity index (χ0) is 16.4. The summed E-state index contributed by atoms with van der Waals surface area (Å²) in [5, 5.41) is 5.33. The maximum absolute atomic E-state index is 12.2. The lowest BCUT2D eigenvalue weighted by Crippen LogP contribution is -2.45. The number of amides is 1. The summed E-state index contributed by atoms with van der Waals surface area (Å²) in [6, 6.07) is 4.19. The van der Waals surface area contributed by atoms with Crippen LogP contribution in [0.3, 0.4) is 0 Å². The van der Waals surface area contributed by atoms with Crippen molar-refractivity contribution in [2.75, 3.05) is 39.8 Å². The molecule has 0 aliphatic heterocycles. The van der Waals surface area contributed by atoms with Gasteiger partial charge in [-0.2, -0.15) is 0 Å². The van der Waals surface area contributed by atoms with Crippen LogP contribution in [0.2, 0.25) is 0 Å². The second-order valence-corrected chi connectivity index (χ2v) is 6.02. The van der Waals surface area contributed by atoms with E-state index in [0.29, 0.717) is 6.54 Å². The zero-order valence-electron chi connectivity index (χ0n) is 14.5. The predicted octanol–water partition coefficient (Wildman–Crippen LogP) is 2.67. The molecule has 132 valence electrons. The first kappa shape index (κ1) is 22.2. The van der Waals surface area contributed by atoms with Gasteiger partial charge in [0.25, 0.3) is 0 Å². The number of nitrogens with one attached hydrogen (secondary N) is 1. The van der Waals surface area contributed by atoms with Gasteiger partial charge in [0.1, 0.15) is 0 Å².